The molecule has 0 fully saturated rings. The maximum absolute atomic E-state index is 12.1. The van der Waals surface area contributed by atoms with E-state index in [0.717, 1.165) is 0 Å². The van der Waals surface area contributed by atoms with Gasteiger partial charge in [-0.05, 0) is 48.5 Å². The Bertz CT molecular complexity index is 1100. The van der Waals surface area contributed by atoms with Gasteiger partial charge in [0, 0.05) is 28.7 Å². The molecule has 138 valence electrons. The van der Waals surface area contributed by atoms with Gasteiger partial charge >= 0.3 is 12.0 Å². The van der Waals surface area contributed by atoms with Crippen LogP contribution in [0.2, 0.25) is 5.15 Å². The summed E-state index contributed by atoms with van der Waals surface area (Å²) in [5.74, 6) is 4.87. The standard InChI is InChI=1S/C21H14ClN3O3/c22-19-13-18(9-10-23-19)25-21(28)24-17-6-2-4-15(12-17)8-7-14-3-1-5-16(11-14)20(26)27/h1-6,9-13H,(H,26,27)(H2,23,24,25,28). The van der Waals surface area contributed by atoms with Crippen molar-refractivity contribution in [3.8, 4) is 11.8 Å². The number of hydrogen-bond donors (Lipinski definition) is 3. The second-order valence-electron chi connectivity index (χ2n) is 5.66. The third kappa shape index (κ3) is 5.34. The van der Waals surface area contributed by atoms with Crippen LogP contribution in [0.15, 0.2) is 66.9 Å². The highest BCUT2D eigenvalue weighted by atomic mass is 35.5. The number of aromatic carboxylic acids is 1. The Morgan fingerprint density at radius 3 is 2.21 bits per heavy atom. The molecule has 0 saturated carbocycles. The number of nitrogens with zero attached hydrogens (tertiary/aromatic N) is 1. The lowest BCUT2D eigenvalue weighted by Crippen LogP contribution is -2.19. The second-order valence-corrected chi connectivity index (χ2v) is 6.05. The van der Waals surface area contributed by atoms with Crippen LogP contribution in [0, 0.1) is 11.8 Å². The molecule has 3 rings (SSSR count). The van der Waals surface area contributed by atoms with Gasteiger partial charge in [0.2, 0.25) is 0 Å². The molecule has 2 aromatic carbocycles. The van der Waals surface area contributed by atoms with E-state index in [9.17, 15) is 9.59 Å². The predicted molar refractivity (Wildman–Crippen MR) is 108 cm³/mol. The van der Waals surface area contributed by atoms with Crippen molar-refractivity contribution in [2.24, 2.45) is 0 Å². The molecule has 0 atom stereocenters. The number of halogens is 1. The normalized spacial score (nSPS) is 9.75. The fraction of sp³-hybridized carbons (Fsp3) is 0. The van der Waals surface area contributed by atoms with Gasteiger partial charge in [-0.1, -0.05) is 35.6 Å². The Morgan fingerprint density at radius 2 is 1.54 bits per heavy atom. The molecule has 0 saturated heterocycles. The minimum atomic E-state index is -1.00. The lowest BCUT2D eigenvalue weighted by molar-refractivity contribution is 0.0697. The quantitative estimate of drug-likeness (QED) is 0.453. The number of hydrogen-bond acceptors (Lipinski definition) is 3. The molecule has 1 aromatic heterocycles. The molecule has 3 aromatic rings. The zero-order valence-electron chi connectivity index (χ0n) is 14.4. The van der Waals surface area contributed by atoms with E-state index in [2.05, 4.69) is 27.5 Å². The van der Waals surface area contributed by atoms with Gasteiger partial charge in [-0.15, -0.1) is 0 Å². The van der Waals surface area contributed by atoms with Crippen LogP contribution in [-0.4, -0.2) is 22.1 Å². The summed E-state index contributed by atoms with van der Waals surface area (Å²) in [4.78, 5) is 27.0. The predicted octanol–water partition coefficient (Wildman–Crippen LogP) is 4.48. The Morgan fingerprint density at radius 1 is 0.893 bits per heavy atom. The van der Waals surface area contributed by atoms with Crippen molar-refractivity contribution < 1.29 is 14.7 Å². The van der Waals surface area contributed by atoms with Crippen molar-refractivity contribution >= 4 is 35.0 Å². The number of amides is 2. The molecule has 3 N–H and O–H groups in total. The smallest absolute Gasteiger partial charge is 0.335 e. The summed E-state index contributed by atoms with van der Waals surface area (Å²) in [6.07, 6.45) is 1.49. The number of carbonyl (C=O) groups excluding carboxylic acids is 1. The summed E-state index contributed by atoms with van der Waals surface area (Å²) in [5, 5.41) is 14.7. The number of aromatic nitrogens is 1. The Kier molecular flexibility index (Phi) is 5.90. The average molecular weight is 392 g/mol. The van der Waals surface area contributed by atoms with Crippen LogP contribution in [-0.2, 0) is 0 Å². The van der Waals surface area contributed by atoms with Crippen molar-refractivity contribution in [2.45, 2.75) is 0 Å². The van der Waals surface area contributed by atoms with Crippen LogP contribution < -0.4 is 10.6 Å². The van der Waals surface area contributed by atoms with E-state index < -0.39 is 12.0 Å². The summed E-state index contributed by atoms with van der Waals surface area (Å²) < 4.78 is 0. The third-order valence-corrected chi connectivity index (χ3v) is 3.77. The Balaban J connectivity index is 1.70. The van der Waals surface area contributed by atoms with Gasteiger partial charge in [-0.3, -0.25) is 0 Å². The molecule has 0 aliphatic rings. The topological polar surface area (TPSA) is 91.3 Å². The van der Waals surface area contributed by atoms with Crippen LogP contribution in [0.1, 0.15) is 21.5 Å². The van der Waals surface area contributed by atoms with Gasteiger partial charge < -0.3 is 15.7 Å². The van der Waals surface area contributed by atoms with E-state index in [1.54, 1.807) is 42.5 Å². The Hall–Kier alpha value is -3.82. The first-order chi connectivity index (χ1) is 13.5. The van der Waals surface area contributed by atoms with Crippen molar-refractivity contribution in [2.75, 3.05) is 10.6 Å². The van der Waals surface area contributed by atoms with Crippen LogP contribution in [0.4, 0.5) is 16.2 Å². The maximum Gasteiger partial charge on any atom is 0.335 e. The van der Waals surface area contributed by atoms with E-state index in [0.29, 0.717) is 22.5 Å². The maximum atomic E-state index is 12.1. The van der Waals surface area contributed by atoms with E-state index in [4.69, 9.17) is 16.7 Å². The number of pyridine rings is 1. The molecular weight excluding hydrogens is 378 g/mol. The first-order valence-corrected chi connectivity index (χ1v) is 8.52. The van der Waals surface area contributed by atoms with E-state index in [1.807, 2.05) is 0 Å². The van der Waals surface area contributed by atoms with Gasteiger partial charge in [0.1, 0.15) is 5.15 Å². The molecule has 7 heteroatoms. The number of benzene rings is 2. The molecular formula is C21H14ClN3O3. The number of nitrogens with one attached hydrogen (secondary N) is 2. The summed E-state index contributed by atoms with van der Waals surface area (Å²) >= 11 is 5.79. The average Bonchev–Trinajstić information content (AvgIpc) is 2.67. The molecule has 0 bridgehead atoms. The first-order valence-electron chi connectivity index (χ1n) is 8.14. The molecule has 0 unspecified atom stereocenters. The molecule has 0 aliphatic carbocycles. The van der Waals surface area contributed by atoms with Crippen LogP contribution in [0.3, 0.4) is 0 Å². The number of carboxylic acid groups (broad SMARTS) is 1. The summed E-state index contributed by atoms with van der Waals surface area (Å²) in [5.41, 5.74) is 2.52. The zero-order chi connectivity index (χ0) is 19.9. The highest BCUT2D eigenvalue weighted by Crippen LogP contribution is 2.14. The lowest BCUT2D eigenvalue weighted by atomic mass is 10.1. The van der Waals surface area contributed by atoms with Crippen LogP contribution >= 0.6 is 11.6 Å². The summed E-state index contributed by atoms with van der Waals surface area (Å²) in [7, 11) is 0. The molecule has 0 aliphatic heterocycles. The fourth-order valence-corrected chi connectivity index (χ4v) is 2.50. The van der Waals surface area contributed by atoms with Crippen molar-refractivity contribution in [3.63, 3.8) is 0 Å². The molecule has 6 nitrogen and oxygen atoms in total. The molecule has 2 amide bonds. The fourth-order valence-electron chi connectivity index (χ4n) is 2.32. The summed E-state index contributed by atoms with van der Waals surface area (Å²) in [6.45, 7) is 0. The van der Waals surface area contributed by atoms with Gasteiger partial charge in [0.25, 0.3) is 0 Å². The van der Waals surface area contributed by atoms with Crippen LogP contribution in [0.5, 0.6) is 0 Å². The number of urea groups is 1. The molecule has 28 heavy (non-hydrogen) atoms. The lowest BCUT2D eigenvalue weighted by Gasteiger charge is -2.08. The van der Waals surface area contributed by atoms with Gasteiger partial charge in [-0.2, -0.15) is 0 Å². The van der Waals surface area contributed by atoms with Gasteiger partial charge in [0.15, 0.2) is 0 Å². The third-order valence-electron chi connectivity index (χ3n) is 3.57. The number of carbonyl (C=O) groups is 2. The van der Waals surface area contributed by atoms with Crippen molar-refractivity contribution in [1.29, 1.82) is 0 Å². The SMILES string of the molecule is O=C(Nc1cccc(C#Cc2cccc(C(=O)O)c2)c1)Nc1ccnc(Cl)c1. The zero-order valence-corrected chi connectivity index (χ0v) is 15.2. The highest BCUT2D eigenvalue weighted by Gasteiger charge is 2.04. The second kappa shape index (κ2) is 8.71. The minimum absolute atomic E-state index is 0.176. The van der Waals surface area contributed by atoms with Crippen molar-refractivity contribution in [3.05, 3.63) is 88.7 Å². The van der Waals surface area contributed by atoms with E-state index in [-0.39, 0.29) is 10.7 Å². The number of rotatable bonds is 3. The highest BCUT2D eigenvalue weighted by molar-refractivity contribution is 6.29. The van der Waals surface area contributed by atoms with E-state index >= 15 is 0 Å². The minimum Gasteiger partial charge on any atom is -0.478 e. The van der Waals surface area contributed by atoms with Gasteiger partial charge in [0.05, 0.1) is 5.56 Å². The number of anilines is 2. The van der Waals surface area contributed by atoms with Crippen LogP contribution in [0.25, 0.3) is 0 Å². The van der Waals surface area contributed by atoms with E-state index in [1.165, 1.54) is 24.4 Å². The summed E-state index contributed by atoms with van der Waals surface area (Å²) in [6, 6.07) is 16.1. The monoisotopic (exact) mass is 391 g/mol. The molecule has 0 spiro atoms. The Labute approximate surface area is 166 Å². The molecule has 0 radical (unpaired) electrons. The number of carboxylic acids is 1. The van der Waals surface area contributed by atoms with Crippen molar-refractivity contribution in [1.82, 2.24) is 4.98 Å². The largest absolute Gasteiger partial charge is 0.478 e. The molecule has 1 heterocycles. The van der Waals surface area contributed by atoms with Gasteiger partial charge in [-0.25, -0.2) is 14.6 Å². The first kappa shape index (κ1) is 19.0.